The van der Waals surface area contributed by atoms with Crippen molar-refractivity contribution in [2.75, 3.05) is 0 Å². The Bertz CT molecular complexity index is 499. The molecule has 0 fully saturated rings. The van der Waals surface area contributed by atoms with Crippen molar-refractivity contribution in [1.82, 2.24) is 9.97 Å². The average molecular weight is 340 g/mol. The maximum Gasteiger partial charge on any atom is 0.125 e. The van der Waals surface area contributed by atoms with Gasteiger partial charge < -0.3 is 5.11 Å². The monoisotopic (exact) mass is 340 g/mol. The number of rotatable bonds is 3. The summed E-state index contributed by atoms with van der Waals surface area (Å²) in [4.78, 5) is 8.24. The number of hydrogen-bond donors (Lipinski definition) is 1. The van der Waals surface area contributed by atoms with Crippen LogP contribution in [0.4, 0.5) is 0 Å². The van der Waals surface area contributed by atoms with E-state index in [0.717, 1.165) is 5.56 Å². The van der Waals surface area contributed by atoms with E-state index in [9.17, 15) is 5.11 Å². The highest BCUT2D eigenvalue weighted by atomic mass is 127. The second-order valence-electron chi connectivity index (χ2n) is 3.88. The topological polar surface area (TPSA) is 46.0 Å². The molecule has 0 aliphatic heterocycles. The first-order valence-corrected chi connectivity index (χ1v) is 6.45. The molecule has 1 aromatic heterocycles. The SMILES string of the molecule is Cc1nccc(C(O)Cc2ccc(I)cc2)n1. The van der Waals surface area contributed by atoms with E-state index in [1.54, 1.807) is 12.3 Å². The lowest BCUT2D eigenvalue weighted by Gasteiger charge is -2.10. The first kappa shape index (κ1) is 12.4. The molecular weight excluding hydrogens is 327 g/mol. The Hall–Kier alpha value is -1.01. The second-order valence-corrected chi connectivity index (χ2v) is 5.12. The predicted octanol–water partition coefficient (Wildman–Crippen LogP) is 2.67. The van der Waals surface area contributed by atoms with Crippen molar-refractivity contribution >= 4 is 22.6 Å². The van der Waals surface area contributed by atoms with E-state index >= 15 is 0 Å². The van der Waals surface area contributed by atoms with E-state index in [2.05, 4.69) is 32.6 Å². The van der Waals surface area contributed by atoms with Gasteiger partial charge in [0.1, 0.15) is 11.9 Å². The fraction of sp³-hybridized carbons (Fsp3) is 0.231. The minimum Gasteiger partial charge on any atom is -0.386 e. The molecule has 2 rings (SSSR count). The number of aromatic nitrogens is 2. The molecule has 88 valence electrons. The highest BCUT2D eigenvalue weighted by molar-refractivity contribution is 14.1. The summed E-state index contributed by atoms with van der Waals surface area (Å²) in [7, 11) is 0. The Labute approximate surface area is 114 Å². The molecule has 0 saturated carbocycles. The molecule has 0 amide bonds. The molecule has 4 heteroatoms. The molecule has 1 aromatic carbocycles. The summed E-state index contributed by atoms with van der Waals surface area (Å²) in [5, 5.41) is 10.1. The van der Waals surface area contributed by atoms with Gasteiger partial charge in [-0.2, -0.15) is 0 Å². The number of aliphatic hydroxyl groups is 1. The first-order chi connectivity index (χ1) is 8.15. The smallest absolute Gasteiger partial charge is 0.125 e. The van der Waals surface area contributed by atoms with Crippen LogP contribution in [0.1, 0.15) is 23.2 Å². The third kappa shape index (κ3) is 3.47. The Morgan fingerprint density at radius 1 is 1.24 bits per heavy atom. The Morgan fingerprint density at radius 2 is 1.94 bits per heavy atom. The molecule has 0 spiro atoms. The van der Waals surface area contributed by atoms with Gasteiger partial charge in [-0.15, -0.1) is 0 Å². The molecule has 2 aromatic rings. The molecule has 0 aliphatic carbocycles. The van der Waals surface area contributed by atoms with Crippen molar-refractivity contribution in [3.63, 3.8) is 0 Å². The number of benzene rings is 1. The molecule has 1 atom stereocenters. The van der Waals surface area contributed by atoms with Crippen molar-refractivity contribution in [3.05, 3.63) is 57.2 Å². The lowest BCUT2D eigenvalue weighted by Crippen LogP contribution is -2.05. The highest BCUT2D eigenvalue weighted by Gasteiger charge is 2.10. The van der Waals surface area contributed by atoms with E-state index in [4.69, 9.17) is 0 Å². The summed E-state index contributed by atoms with van der Waals surface area (Å²) in [5.41, 5.74) is 1.78. The lowest BCUT2D eigenvalue weighted by molar-refractivity contribution is 0.173. The normalized spacial score (nSPS) is 12.4. The number of aryl methyl sites for hydroxylation is 1. The summed E-state index contributed by atoms with van der Waals surface area (Å²) >= 11 is 2.26. The van der Waals surface area contributed by atoms with Gasteiger partial charge in [-0.25, -0.2) is 9.97 Å². The van der Waals surface area contributed by atoms with E-state index < -0.39 is 6.10 Å². The highest BCUT2D eigenvalue weighted by Crippen LogP contribution is 2.17. The maximum atomic E-state index is 10.1. The molecule has 1 N–H and O–H groups in total. The average Bonchev–Trinajstić information content (AvgIpc) is 2.32. The van der Waals surface area contributed by atoms with Crippen LogP contribution in [0.3, 0.4) is 0 Å². The van der Waals surface area contributed by atoms with Gasteiger partial charge in [-0.05, 0) is 53.3 Å². The van der Waals surface area contributed by atoms with Crippen molar-refractivity contribution < 1.29 is 5.11 Å². The minimum absolute atomic E-state index is 0.572. The van der Waals surface area contributed by atoms with Gasteiger partial charge >= 0.3 is 0 Å². The Balaban J connectivity index is 2.11. The molecule has 17 heavy (non-hydrogen) atoms. The van der Waals surface area contributed by atoms with E-state index in [0.29, 0.717) is 17.9 Å². The molecular formula is C13H13IN2O. The molecule has 0 bridgehead atoms. The van der Waals surface area contributed by atoms with Gasteiger partial charge in [-0.3, -0.25) is 0 Å². The number of hydrogen-bond acceptors (Lipinski definition) is 3. The van der Waals surface area contributed by atoms with Crippen molar-refractivity contribution in [1.29, 1.82) is 0 Å². The van der Waals surface area contributed by atoms with Crippen LogP contribution in [-0.4, -0.2) is 15.1 Å². The summed E-state index contributed by atoms with van der Waals surface area (Å²) in [6.07, 6.45) is 1.68. The zero-order valence-electron chi connectivity index (χ0n) is 9.47. The number of nitrogens with zero attached hydrogens (tertiary/aromatic N) is 2. The predicted molar refractivity (Wildman–Crippen MR) is 74.6 cm³/mol. The molecule has 0 radical (unpaired) electrons. The van der Waals surface area contributed by atoms with E-state index in [1.807, 2.05) is 31.2 Å². The first-order valence-electron chi connectivity index (χ1n) is 5.37. The Kier molecular flexibility index (Phi) is 4.06. The van der Waals surface area contributed by atoms with Gasteiger partial charge in [-0.1, -0.05) is 12.1 Å². The fourth-order valence-corrected chi connectivity index (χ4v) is 1.97. The van der Waals surface area contributed by atoms with Gasteiger partial charge in [0.2, 0.25) is 0 Å². The van der Waals surface area contributed by atoms with Crippen molar-refractivity contribution in [2.45, 2.75) is 19.4 Å². The van der Waals surface area contributed by atoms with Crippen LogP contribution in [0.5, 0.6) is 0 Å². The van der Waals surface area contributed by atoms with E-state index in [1.165, 1.54) is 3.57 Å². The largest absolute Gasteiger partial charge is 0.386 e. The van der Waals surface area contributed by atoms with Crippen LogP contribution in [0, 0.1) is 10.5 Å². The standard InChI is InChI=1S/C13H13IN2O/c1-9-15-7-6-12(16-9)13(17)8-10-2-4-11(14)5-3-10/h2-7,13,17H,8H2,1H3. The summed E-state index contributed by atoms with van der Waals surface area (Å²) < 4.78 is 1.19. The number of halogens is 1. The van der Waals surface area contributed by atoms with Crippen LogP contribution >= 0.6 is 22.6 Å². The molecule has 0 aliphatic rings. The quantitative estimate of drug-likeness (QED) is 0.874. The zero-order chi connectivity index (χ0) is 12.3. The van der Waals surface area contributed by atoms with Crippen molar-refractivity contribution in [3.8, 4) is 0 Å². The van der Waals surface area contributed by atoms with E-state index in [-0.39, 0.29) is 0 Å². The van der Waals surface area contributed by atoms with Crippen LogP contribution in [-0.2, 0) is 6.42 Å². The van der Waals surface area contributed by atoms with Crippen LogP contribution in [0.15, 0.2) is 36.5 Å². The van der Waals surface area contributed by atoms with Crippen LogP contribution in [0.2, 0.25) is 0 Å². The maximum absolute atomic E-state index is 10.1. The van der Waals surface area contributed by atoms with Gasteiger partial charge in [0.15, 0.2) is 0 Å². The van der Waals surface area contributed by atoms with Crippen LogP contribution < -0.4 is 0 Å². The minimum atomic E-state index is -0.572. The summed E-state index contributed by atoms with van der Waals surface area (Å²) in [6, 6.07) is 9.88. The molecule has 1 heterocycles. The third-order valence-electron chi connectivity index (χ3n) is 2.48. The number of aliphatic hydroxyl groups excluding tert-OH is 1. The molecule has 1 unspecified atom stereocenters. The third-order valence-corrected chi connectivity index (χ3v) is 3.20. The summed E-state index contributed by atoms with van der Waals surface area (Å²) in [5.74, 6) is 0.684. The molecule has 0 saturated heterocycles. The Morgan fingerprint density at radius 3 is 2.59 bits per heavy atom. The van der Waals surface area contributed by atoms with Gasteiger partial charge in [0.25, 0.3) is 0 Å². The second kappa shape index (κ2) is 5.55. The zero-order valence-corrected chi connectivity index (χ0v) is 11.6. The molecule has 3 nitrogen and oxygen atoms in total. The van der Waals surface area contributed by atoms with Crippen molar-refractivity contribution in [2.24, 2.45) is 0 Å². The fourth-order valence-electron chi connectivity index (χ4n) is 1.61. The van der Waals surface area contributed by atoms with Crippen LogP contribution in [0.25, 0.3) is 0 Å². The van der Waals surface area contributed by atoms with Gasteiger partial charge in [0.05, 0.1) is 5.69 Å². The summed E-state index contributed by atoms with van der Waals surface area (Å²) in [6.45, 7) is 1.82. The van der Waals surface area contributed by atoms with Gasteiger partial charge in [0, 0.05) is 16.2 Å². The lowest BCUT2D eigenvalue weighted by atomic mass is 10.1.